The number of anilines is 1. The van der Waals surface area contributed by atoms with Crippen LogP contribution < -0.4 is 5.32 Å². The van der Waals surface area contributed by atoms with E-state index >= 15 is 0 Å². The monoisotopic (exact) mass is 259 g/mol. The van der Waals surface area contributed by atoms with Gasteiger partial charge in [0, 0.05) is 17.4 Å². The molecular formula is C11H18ClN3S. The molecule has 1 atom stereocenters. The lowest BCUT2D eigenvalue weighted by atomic mass is 10.2. The number of nitrogens with zero attached hydrogens (tertiary/aromatic N) is 2. The van der Waals surface area contributed by atoms with Crippen LogP contribution in [0.1, 0.15) is 26.3 Å². The van der Waals surface area contributed by atoms with Gasteiger partial charge in [-0.2, -0.15) is 11.8 Å². The second kappa shape index (κ2) is 6.97. The van der Waals surface area contributed by atoms with E-state index in [1.807, 2.05) is 11.8 Å². The standard InChI is InChI=1S/C11H18ClN3S/c1-4-9-10(12)13-7-14-11(9)15-8(3)6-16-5-2/h7-8H,4-6H2,1-3H3,(H,13,14,15). The molecular weight excluding hydrogens is 242 g/mol. The maximum absolute atomic E-state index is 6.02. The largest absolute Gasteiger partial charge is 0.366 e. The molecule has 3 nitrogen and oxygen atoms in total. The lowest BCUT2D eigenvalue weighted by molar-refractivity contribution is 0.887. The fraction of sp³-hybridized carbons (Fsp3) is 0.636. The Morgan fingerprint density at radius 2 is 2.19 bits per heavy atom. The second-order valence-electron chi connectivity index (χ2n) is 3.55. The van der Waals surface area contributed by atoms with Crippen molar-refractivity contribution in [2.75, 3.05) is 16.8 Å². The van der Waals surface area contributed by atoms with Crippen LogP contribution in [0.4, 0.5) is 5.82 Å². The molecule has 0 aromatic carbocycles. The SMILES string of the molecule is CCSCC(C)Nc1ncnc(Cl)c1CC. The lowest BCUT2D eigenvalue weighted by Gasteiger charge is -2.16. The molecule has 0 saturated heterocycles. The molecule has 0 bridgehead atoms. The van der Waals surface area contributed by atoms with Crippen molar-refractivity contribution in [2.45, 2.75) is 33.2 Å². The summed E-state index contributed by atoms with van der Waals surface area (Å²) >= 11 is 7.94. The Kier molecular flexibility index (Phi) is 5.91. The normalized spacial score (nSPS) is 12.5. The molecule has 0 aliphatic carbocycles. The maximum Gasteiger partial charge on any atom is 0.137 e. The smallest absolute Gasteiger partial charge is 0.137 e. The molecule has 1 unspecified atom stereocenters. The maximum atomic E-state index is 6.02. The number of hydrogen-bond acceptors (Lipinski definition) is 4. The van der Waals surface area contributed by atoms with Crippen molar-refractivity contribution < 1.29 is 0 Å². The molecule has 0 amide bonds. The van der Waals surface area contributed by atoms with E-state index in [1.54, 1.807) is 0 Å². The van der Waals surface area contributed by atoms with Gasteiger partial charge in [0.1, 0.15) is 17.3 Å². The molecule has 0 fully saturated rings. The Morgan fingerprint density at radius 3 is 2.81 bits per heavy atom. The average Bonchev–Trinajstić information content (AvgIpc) is 2.27. The van der Waals surface area contributed by atoms with Crippen LogP contribution in [0.3, 0.4) is 0 Å². The van der Waals surface area contributed by atoms with Gasteiger partial charge in [0.25, 0.3) is 0 Å². The van der Waals surface area contributed by atoms with Crippen LogP contribution in [-0.2, 0) is 6.42 Å². The summed E-state index contributed by atoms with van der Waals surface area (Å²) in [7, 11) is 0. The molecule has 1 aromatic rings. The van der Waals surface area contributed by atoms with Gasteiger partial charge >= 0.3 is 0 Å². The molecule has 0 aliphatic heterocycles. The van der Waals surface area contributed by atoms with Gasteiger partial charge in [-0.1, -0.05) is 25.4 Å². The summed E-state index contributed by atoms with van der Waals surface area (Å²) in [6, 6.07) is 0.390. The van der Waals surface area contributed by atoms with Gasteiger partial charge in [-0.05, 0) is 19.1 Å². The molecule has 90 valence electrons. The number of thioether (sulfide) groups is 1. The minimum Gasteiger partial charge on any atom is -0.366 e. The van der Waals surface area contributed by atoms with Crippen LogP contribution in [0.25, 0.3) is 0 Å². The summed E-state index contributed by atoms with van der Waals surface area (Å²) in [6.45, 7) is 6.37. The van der Waals surface area contributed by atoms with Crippen LogP contribution in [0.15, 0.2) is 6.33 Å². The molecule has 0 aliphatic rings. The summed E-state index contributed by atoms with van der Waals surface area (Å²) in [5.41, 5.74) is 0.998. The van der Waals surface area contributed by atoms with Gasteiger partial charge < -0.3 is 5.32 Å². The van der Waals surface area contributed by atoms with Gasteiger partial charge in [0.05, 0.1) is 0 Å². The Morgan fingerprint density at radius 1 is 1.44 bits per heavy atom. The highest BCUT2D eigenvalue weighted by atomic mass is 35.5. The van der Waals surface area contributed by atoms with Crippen LogP contribution in [0.2, 0.25) is 5.15 Å². The van der Waals surface area contributed by atoms with E-state index in [0.29, 0.717) is 11.2 Å². The topological polar surface area (TPSA) is 37.8 Å². The van der Waals surface area contributed by atoms with E-state index in [-0.39, 0.29) is 0 Å². The Labute approximate surface area is 106 Å². The highest BCUT2D eigenvalue weighted by Gasteiger charge is 2.10. The fourth-order valence-electron chi connectivity index (χ4n) is 1.40. The van der Waals surface area contributed by atoms with Gasteiger partial charge in [-0.3, -0.25) is 0 Å². The predicted molar refractivity (Wildman–Crippen MR) is 72.5 cm³/mol. The summed E-state index contributed by atoms with van der Waals surface area (Å²) < 4.78 is 0. The van der Waals surface area contributed by atoms with E-state index in [2.05, 4.69) is 36.1 Å². The highest BCUT2D eigenvalue weighted by Crippen LogP contribution is 2.21. The predicted octanol–water partition coefficient (Wildman–Crippen LogP) is 3.25. The molecule has 1 aromatic heterocycles. The quantitative estimate of drug-likeness (QED) is 0.796. The molecule has 16 heavy (non-hydrogen) atoms. The second-order valence-corrected chi connectivity index (χ2v) is 5.23. The van der Waals surface area contributed by atoms with Crippen molar-refractivity contribution in [1.29, 1.82) is 0 Å². The Bertz CT molecular complexity index is 333. The molecule has 0 saturated carbocycles. The van der Waals surface area contributed by atoms with Crippen molar-refractivity contribution in [3.05, 3.63) is 17.0 Å². The minimum absolute atomic E-state index is 0.390. The summed E-state index contributed by atoms with van der Waals surface area (Å²) in [5, 5.41) is 3.93. The zero-order chi connectivity index (χ0) is 12.0. The highest BCUT2D eigenvalue weighted by molar-refractivity contribution is 7.99. The first-order valence-corrected chi connectivity index (χ1v) is 7.05. The summed E-state index contributed by atoms with van der Waals surface area (Å²) in [6.07, 6.45) is 2.35. The number of hydrogen-bond donors (Lipinski definition) is 1. The van der Waals surface area contributed by atoms with Crippen molar-refractivity contribution in [2.24, 2.45) is 0 Å². The first kappa shape index (κ1) is 13.6. The molecule has 1 rings (SSSR count). The van der Waals surface area contributed by atoms with E-state index in [4.69, 9.17) is 11.6 Å². The van der Waals surface area contributed by atoms with Crippen molar-refractivity contribution in [3.8, 4) is 0 Å². The Hall–Kier alpha value is -0.480. The zero-order valence-corrected chi connectivity index (χ0v) is 11.5. The first-order chi connectivity index (χ1) is 7.69. The zero-order valence-electron chi connectivity index (χ0n) is 9.96. The number of aromatic nitrogens is 2. The number of halogens is 1. The summed E-state index contributed by atoms with van der Waals surface area (Å²) in [5.74, 6) is 3.07. The van der Waals surface area contributed by atoms with E-state index in [0.717, 1.165) is 29.3 Å². The minimum atomic E-state index is 0.390. The molecule has 0 spiro atoms. The lowest BCUT2D eigenvalue weighted by Crippen LogP contribution is -2.20. The van der Waals surface area contributed by atoms with Crippen molar-refractivity contribution in [3.63, 3.8) is 0 Å². The van der Waals surface area contributed by atoms with Gasteiger partial charge in [0.15, 0.2) is 0 Å². The van der Waals surface area contributed by atoms with Gasteiger partial charge in [-0.15, -0.1) is 0 Å². The molecule has 1 heterocycles. The van der Waals surface area contributed by atoms with Crippen LogP contribution in [-0.4, -0.2) is 27.5 Å². The third-order valence-electron chi connectivity index (χ3n) is 2.20. The first-order valence-electron chi connectivity index (χ1n) is 5.52. The van der Waals surface area contributed by atoms with E-state index < -0.39 is 0 Å². The fourth-order valence-corrected chi connectivity index (χ4v) is 2.34. The molecule has 0 radical (unpaired) electrons. The van der Waals surface area contributed by atoms with Crippen LogP contribution >= 0.6 is 23.4 Å². The van der Waals surface area contributed by atoms with Crippen LogP contribution in [0, 0.1) is 0 Å². The third-order valence-corrected chi connectivity index (χ3v) is 3.67. The number of rotatable bonds is 6. The van der Waals surface area contributed by atoms with Crippen LogP contribution in [0.5, 0.6) is 0 Å². The average molecular weight is 260 g/mol. The third kappa shape index (κ3) is 3.83. The van der Waals surface area contributed by atoms with E-state index in [9.17, 15) is 0 Å². The molecule has 1 N–H and O–H groups in total. The van der Waals surface area contributed by atoms with Gasteiger partial charge in [0.2, 0.25) is 0 Å². The molecule has 5 heteroatoms. The van der Waals surface area contributed by atoms with Crippen molar-refractivity contribution in [1.82, 2.24) is 9.97 Å². The number of nitrogens with one attached hydrogen (secondary N) is 1. The van der Waals surface area contributed by atoms with E-state index in [1.165, 1.54) is 6.33 Å². The van der Waals surface area contributed by atoms with Crippen molar-refractivity contribution >= 4 is 29.2 Å². The summed E-state index contributed by atoms with van der Waals surface area (Å²) in [4.78, 5) is 8.23. The Balaban J connectivity index is 2.69. The van der Waals surface area contributed by atoms with Gasteiger partial charge in [-0.25, -0.2) is 9.97 Å².